The van der Waals surface area contributed by atoms with Crippen molar-refractivity contribution in [3.05, 3.63) is 30.1 Å². The third kappa shape index (κ3) is 4.31. The Labute approximate surface area is 79.6 Å². The lowest BCUT2D eigenvalue weighted by atomic mass is 9.97. The van der Waals surface area contributed by atoms with E-state index in [4.69, 9.17) is 5.73 Å². The van der Waals surface area contributed by atoms with Crippen LogP contribution in [0.5, 0.6) is 0 Å². The average Bonchev–Trinajstić information content (AvgIpc) is 1.85. The molecule has 0 aromatic carbocycles. The Bertz CT molecular complexity index is 216. The van der Waals surface area contributed by atoms with Gasteiger partial charge in [0.25, 0.3) is 0 Å². The van der Waals surface area contributed by atoms with E-state index in [-0.39, 0.29) is 17.9 Å². The van der Waals surface area contributed by atoms with E-state index in [0.717, 1.165) is 6.42 Å². The minimum Gasteiger partial charge on any atom is -0.325 e. The molecule has 1 aromatic rings. The van der Waals surface area contributed by atoms with Gasteiger partial charge in [0.05, 0.1) is 0 Å². The minimum atomic E-state index is -0.124. The Balaban J connectivity index is 0.00000121. The number of halogens is 1. The average molecular weight is 187 g/mol. The van der Waals surface area contributed by atoms with Crippen LogP contribution in [0.25, 0.3) is 0 Å². The molecule has 0 spiro atoms. The van der Waals surface area contributed by atoms with Crippen molar-refractivity contribution < 1.29 is 0 Å². The second-order valence-electron chi connectivity index (χ2n) is 3.52. The van der Waals surface area contributed by atoms with Gasteiger partial charge in [-0.25, -0.2) is 0 Å². The Morgan fingerprint density at radius 3 is 2.25 bits per heavy atom. The van der Waals surface area contributed by atoms with Crippen molar-refractivity contribution >= 4 is 12.4 Å². The number of nitrogens with two attached hydrogens (primary N) is 1. The summed E-state index contributed by atoms with van der Waals surface area (Å²) in [7, 11) is 0. The topological polar surface area (TPSA) is 38.9 Å². The molecule has 0 fully saturated rings. The number of hydrogen-bond donors (Lipinski definition) is 1. The number of pyridine rings is 1. The highest BCUT2D eigenvalue weighted by atomic mass is 35.5. The Morgan fingerprint density at radius 1 is 1.33 bits per heavy atom. The van der Waals surface area contributed by atoms with Crippen molar-refractivity contribution in [1.29, 1.82) is 0 Å². The molecule has 2 N–H and O–H groups in total. The van der Waals surface area contributed by atoms with Crippen LogP contribution in [0.2, 0.25) is 0 Å². The predicted octanol–water partition coefficient (Wildman–Crippen LogP) is 1.78. The van der Waals surface area contributed by atoms with Crippen LogP contribution in [-0.2, 0) is 6.42 Å². The van der Waals surface area contributed by atoms with E-state index in [1.54, 1.807) is 12.4 Å². The molecule has 0 amide bonds. The van der Waals surface area contributed by atoms with Crippen LogP contribution in [-0.4, -0.2) is 10.5 Å². The molecule has 12 heavy (non-hydrogen) atoms. The molecule has 0 aliphatic rings. The first kappa shape index (κ1) is 11.4. The fourth-order valence-electron chi connectivity index (χ4n) is 1.03. The summed E-state index contributed by atoms with van der Waals surface area (Å²) in [5, 5.41) is 0. The third-order valence-electron chi connectivity index (χ3n) is 1.41. The molecule has 0 radical (unpaired) electrons. The molecule has 0 atom stereocenters. The van der Waals surface area contributed by atoms with E-state index in [0.29, 0.717) is 0 Å². The first-order valence-corrected chi connectivity index (χ1v) is 3.76. The minimum absolute atomic E-state index is 0. The maximum Gasteiger partial charge on any atom is 0.0270 e. The molecule has 68 valence electrons. The van der Waals surface area contributed by atoms with Crippen LogP contribution in [0.4, 0.5) is 0 Å². The summed E-state index contributed by atoms with van der Waals surface area (Å²) in [5.74, 6) is 0. The first-order valence-electron chi connectivity index (χ1n) is 3.76. The van der Waals surface area contributed by atoms with Gasteiger partial charge in [0.2, 0.25) is 0 Å². The summed E-state index contributed by atoms with van der Waals surface area (Å²) in [6.07, 6.45) is 4.48. The highest BCUT2D eigenvalue weighted by Crippen LogP contribution is 2.07. The van der Waals surface area contributed by atoms with Crippen molar-refractivity contribution in [2.45, 2.75) is 25.8 Å². The summed E-state index contributed by atoms with van der Waals surface area (Å²) in [4.78, 5) is 3.93. The van der Waals surface area contributed by atoms with Gasteiger partial charge >= 0.3 is 0 Å². The molecule has 0 aliphatic heterocycles. The summed E-state index contributed by atoms with van der Waals surface area (Å²) in [6.45, 7) is 4.04. The first-order chi connectivity index (χ1) is 5.08. The van der Waals surface area contributed by atoms with E-state index >= 15 is 0 Å². The van der Waals surface area contributed by atoms with E-state index in [9.17, 15) is 0 Å². The lowest BCUT2D eigenvalue weighted by molar-refractivity contribution is 0.516. The van der Waals surface area contributed by atoms with Crippen molar-refractivity contribution in [3.63, 3.8) is 0 Å². The van der Waals surface area contributed by atoms with Crippen LogP contribution in [0, 0.1) is 0 Å². The fourth-order valence-corrected chi connectivity index (χ4v) is 1.03. The largest absolute Gasteiger partial charge is 0.325 e. The normalized spacial score (nSPS) is 10.6. The molecular formula is C9H15ClN2. The molecule has 1 aromatic heterocycles. The molecular weight excluding hydrogens is 172 g/mol. The van der Waals surface area contributed by atoms with Crippen molar-refractivity contribution in [3.8, 4) is 0 Å². The van der Waals surface area contributed by atoms with Crippen LogP contribution in [0.1, 0.15) is 19.4 Å². The molecule has 3 heteroatoms. The van der Waals surface area contributed by atoms with Gasteiger partial charge in [-0.3, -0.25) is 4.98 Å². The highest BCUT2D eigenvalue weighted by Gasteiger charge is 2.10. The van der Waals surface area contributed by atoms with E-state index < -0.39 is 0 Å². The van der Waals surface area contributed by atoms with Crippen LogP contribution < -0.4 is 5.73 Å². The summed E-state index contributed by atoms with van der Waals surface area (Å²) < 4.78 is 0. The number of nitrogens with zero attached hydrogens (tertiary/aromatic N) is 1. The lowest BCUT2D eigenvalue weighted by Gasteiger charge is -2.17. The van der Waals surface area contributed by atoms with Gasteiger partial charge in [-0.15, -0.1) is 12.4 Å². The molecule has 0 bridgehead atoms. The molecule has 2 nitrogen and oxygen atoms in total. The van der Waals surface area contributed by atoms with Gasteiger partial charge in [-0.05, 0) is 38.0 Å². The molecule has 0 unspecified atom stereocenters. The fraction of sp³-hybridized carbons (Fsp3) is 0.444. The SMILES string of the molecule is CC(C)(N)Cc1ccncc1.Cl. The molecule has 0 saturated carbocycles. The maximum atomic E-state index is 5.85. The molecule has 1 rings (SSSR count). The zero-order valence-corrected chi connectivity index (χ0v) is 8.27. The third-order valence-corrected chi connectivity index (χ3v) is 1.41. The van der Waals surface area contributed by atoms with Gasteiger partial charge in [0.15, 0.2) is 0 Å². The molecule has 0 saturated heterocycles. The van der Waals surface area contributed by atoms with E-state index in [2.05, 4.69) is 4.98 Å². The summed E-state index contributed by atoms with van der Waals surface area (Å²) >= 11 is 0. The quantitative estimate of drug-likeness (QED) is 0.765. The van der Waals surface area contributed by atoms with Crippen LogP contribution in [0.15, 0.2) is 24.5 Å². The smallest absolute Gasteiger partial charge is 0.0270 e. The van der Waals surface area contributed by atoms with Crippen molar-refractivity contribution in [2.24, 2.45) is 5.73 Å². The van der Waals surface area contributed by atoms with Gasteiger partial charge in [-0.1, -0.05) is 0 Å². The summed E-state index contributed by atoms with van der Waals surface area (Å²) in [5.41, 5.74) is 6.97. The Morgan fingerprint density at radius 2 is 1.83 bits per heavy atom. The highest BCUT2D eigenvalue weighted by molar-refractivity contribution is 5.85. The van der Waals surface area contributed by atoms with E-state index in [1.807, 2.05) is 26.0 Å². The van der Waals surface area contributed by atoms with E-state index in [1.165, 1.54) is 5.56 Å². The second kappa shape index (κ2) is 4.43. The van der Waals surface area contributed by atoms with Gasteiger partial charge < -0.3 is 5.73 Å². The second-order valence-corrected chi connectivity index (χ2v) is 3.52. The molecule has 0 aliphatic carbocycles. The van der Waals surface area contributed by atoms with Crippen molar-refractivity contribution in [2.75, 3.05) is 0 Å². The predicted molar refractivity (Wildman–Crippen MR) is 53.5 cm³/mol. The zero-order valence-electron chi connectivity index (χ0n) is 7.45. The Kier molecular flexibility index (Phi) is 4.21. The Hall–Kier alpha value is -0.600. The zero-order chi connectivity index (χ0) is 8.32. The monoisotopic (exact) mass is 186 g/mol. The van der Waals surface area contributed by atoms with Gasteiger partial charge in [-0.2, -0.15) is 0 Å². The number of hydrogen-bond acceptors (Lipinski definition) is 2. The lowest BCUT2D eigenvalue weighted by Crippen LogP contribution is -2.34. The molecule has 1 heterocycles. The van der Waals surface area contributed by atoms with Crippen LogP contribution >= 0.6 is 12.4 Å². The number of aromatic nitrogens is 1. The van der Waals surface area contributed by atoms with Gasteiger partial charge in [0, 0.05) is 17.9 Å². The van der Waals surface area contributed by atoms with Gasteiger partial charge in [0.1, 0.15) is 0 Å². The van der Waals surface area contributed by atoms with Crippen molar-refractivity contribution in [1.82, 2.24) is 4.98 Å². The standard InChI is InChI=1S/C9H14N2.ClH/c1-9(2,10)7-8-3-5-11-6-4-8;/h3-6H,7,10H2,1-2H3;1H. The maximum absolute atomic E-state index is 5.85. The number of rotatable bonds is 2. The van der Waals surface area contributed by atoms with Crippen LogP contribution in [0.3, 0.4) is 0 Å². The summed E-state index contributed by atoms with van der Waals surface area (Å²) in [6, 6.07) is 3.99.